The van der Waals surface area contributed by atoms with Crippen molar-refractivity contribution < 1.29 is 24.4 Å². The Morgan fingerprint density at radius 1 is 1.30 bits per heavy atom. The first-order valence-electron chi connectivity index (χ1n) is 9.85. The van der Waals surface area contributed by atoms with E-state index in [1.54, 1.807) is 19.1 Å². The van der Waals surface area contributed by atoms with E-state index in [1.807, 2.05) is 6.07 Å². The average Bonchev–Trinajstić information content (AvgIpc) is 3.27. The number of aliphatic hydroxyl groups excluding tert-OH is 3. The lowest BCUT2D eigenvalue weighted by atomic mass is 9.97. The Labute approximate surface area is 197 Å². The average molecular weight is 492 g/mol. The van der Waals surface area contributed by atoms with Crippen molar-refractivity contribution in [2.24, 2.45) is 0 Å². The van der Waals surface area contributed by atoms with Crippen molar-refractivity contribution in [3.05, 3.63) is 58.8 Å². The Hall–Kier alpha value is -2.59. The van der Waals surface area contributed by atoms with E-state index in [2.05, 4.69) is 15.3 Å². The SMILES string of the molecule is Cc1ccc(-c2cn(C3C(O)[C@@H](Sc4cc(Cl)cnc4C#N)OC(CO)[C@@H]3O)nn2)cc1F. The van der Waals surface area contributed by atoms with Crippen LogP contribution >= 0.6 is 23.4 Å². The van der Waals surface area contributed by atoms with Crippen molar-refractivity contribution in [1.29, 1.82) is 5.26 Å². The van der Waals surface area contributed by atoms with Crippen LogP contribution in [0.2, 0.25) is 5.02 Å². The molecule has 5 atom stereocenters. The molecule has 0 spiro atoms. The molecule has 1 aliphatic heterocycles. The lowest BCUT2D eigenvalue weighted by molar-refractivity contribution is -0.178. The summed E-state index contributed by atoms with van der Waals surface area (Å²) in [5, 5.41) is 49.2. The third-order valence-corrected chi connectivity index (χ3v) is 6.69. The van der Waals surface area contributed by atoms with E-state index >= 15 is 0 Å². The monoisotopic (exact) mass is 491 g/mol. The first-order valence-corrected chi connectivity index (χ1v) is 11.1. The fraction of sp³-hybridized carbons (Fsp3) is 0.333. The maximum absolute atomic E-state index is 14.0. The molecular weight excluding hydrogens is 473 g/mol. The van der Waals surface area contributed by atoms with Crippen molar-refractivity contribution in [2.45, 2.75) is 41.6 Å². The lowest BCUT2D eigenvalue weighted by Gasteiger charge is -2.41. The fourth-order valence-corrected chi connectivity index (χ4v) is 4.88. The van der Waals surface area contributed by atoms with Crippen LogP contribution in [0.15, 0.2) is 41.6 Å². The van der Waals surface area contributed by atoms with Gasteiger partial charge in [-0.25, -0.2) is 14.1 Å². The zero-order chi connectivity index (χ0) is 23.7. The molecule has 3 heterocycles. The molecule has 1 aliphatic rings. The van der Waals surface area contributed by atoms with Gasteiger partial charge in [0.2, 0.25) is 0 Å². The number of aryl methyl sites for hydroxylation is 1. The molecule has 0 amide bonds. The van der Waals surface area contributed by atoms with Crippen LogP contribution in [0.5, 0.6) is 0 Å². The quantitative estimate of drug-likeness (QED) is 0.489. The topological polar surface area (TPSA) is 137 Å². The molecule has 33 heavy (non-hydrogen) atoms. The van der Waals surface area contributed by atoms with Crippen molar-refractivity contribution >= 4 is 23.4 Å². The Balaban J connectivity index is 1.65. The number of hydrogen-bond donors (Lipinski definition) is 3. The van der Waals surface area contributed by atoms with Gasteiger partial charge in [0.25, 0.3) is 0 Å². The molecule has 12 heteroatoms. The molecule has 9 nitrogen and oxygen atoms in total. The molecule has 3 unspecified atom stereocenters. The van der Waals surface area contributed by atoms with Gasteiger partial charge in [-0.3, -0.25) is 0 Å². The van der Waals surface area contributed by atoms with Crippen LogP contribution < -0.4 is 0 Å². The smallest absolute Gasteiger partial charge is 0.154 e. The zero-order valence-corrected chi connectivity index (χ0v) is 18.8. The van der Waals surface area contributed by atoms with Gasteiger partial charge >= 0.3 is 0 Å². The van der Waals surface area contributed by atoms with Crippen LogP contribution in [0, 0.1) is 24.1 Å². The van der Waals surface area contributed by atoms with Gasteiger partial charge in [-0.2, -0.15) is 5.26 Å². The molecule has 3 N–H and O–H groups in total. The van der Waals surface area contributed by atoms with Gasteiger partial charge in [-0.15, -0.1) is 5.10 Å². The molecule has 0 saturated carbocycles. The molecule has 172 valence electrons. The molecule has 0 radical (unpaired) electrons. The number of aliphatic hydroxyl groups is 3. The van der Waals surface area contributed by atoms with Gasteiger partial charge < -0.3 is 20.1 Å². The van der Waals surface area contributed by atoms with Gasteiger partial charge in [-0.05, 0) is 24.6 Å². The van der Waals surface area contributed by atoms with Gasteiger partial charge in [0.15, 0.2) is 5.69 Å². The first-order chi connectivity index (χ1) is 15.8. The summed E-state index contributed by atoms with van der Waals surface area (Å²) in [6.45, 7) is 1.12. The minimum atomic E-state index is -1.32. The number of aromatic nitrogens is 4. The highest BCUT2D eigenvalue weighted by molar-refractivity contribution is 7.99. The van der Waals surface area contributed by atoms with Crippen LogP contribution in [0.4, 0.5) is 4.39 Å². The highest BCUT2D eigenvalue weighted by atomic mass is 35.5. The van der Waals surface area contributed by atoms with Crippen LogP contribution in [-0.4, -0.2) is 65.7 Å². The summed E-state index contributed by atoms with van der Waals surface area (Å²) in [6, 6.07) is 7.05. The molecule has 1 saturated heterocycles. The normalized spacial score (nSPS) is 25.1. The Bertz CT molecular complexity index is 1210. The molecule has 1 fully saturated rings. The van der Waals surface area contributed by atoms with E-state index in [4.69, 9.17) is 16.3 Å². The second-order valence-electron chi connectivity index (χ2n) is 7.47. The highest BCUT2D eigenvalue weighted by Crippen LogP contribution is 2.39. The van der Waals surface area contributed by atoms with Crippen molar-refractivity contribution in [3.63, 3.8) is 0 Å². The van der Waals surface area contributed by atoms with Gasteiger partial charge in [-0.1, -0.05) is 40.7 Å². The largest absolute Gasteiger partial charge is 0.394 e. The van der Waals surface area contributed by atoms with Gasteiger partial charge in [0.05, 0.1) is 17.8 Å². The number of halogens is 2. The van der Waals surface area contributed by atoms with Crippen LogP contribution in [0.3, 0.4) is 0 Å². The van der Waals surface area contributed by atoms with E-state index < -0.39 is 42.2 Å². The first kappa shape index (κ1) is 23.6. The second kappa shape index (κ2) is 9.72. The number of rotatable bonds is 5. The number of benzene rings is 1. The maximum atomic E-state index is 14.0. The molecule has 1 aromatic carbocycles. The summed E-state index contributed by atoms with van der Waals surface area (Å²) in [5.41, 5.74) is 0.406. The highest BCUT2D eigenvalue weighted by Gasteiger charge is 2.46. The predicted molar refractivity (Wildman–Crippen MR) is 117 cm³/mol. The zero-order valence-electron chi connectivity index (χ0n) is 17.2. The number of thioether (sulfide) groups is 1. The Morgan fingerprint density at radius 3 is 2.79 bits per heavy atom. The second-order valence-corrected chi connectivity index (χ2v) is 9.05. The number of pyridine rings is 1. The Morgan fingerprint density at radius 2 is 2.09 bits per heavy atom. The third kappa shape index (κ3) is 4.72. The minimum absolute atomic E-state index is 0.0906. The minimum Gasteiger partial charge on any atom is -0.394 e. The van der Waals surface area contributed by atoms with E-state index in [0.29, 0.717) is 26.7 Å². The number of ether oxygens (including phenoxy) is 1. The van der Waals surface area contributed by atoms with Crippen LogP contribution in [0.25, 0.3) is 11.3 Å². The number of hydrogen-bond acceptors (Lipinski definition) is 9. The molecule has 2 aromatic heterocycles. The van der Waals surface area contributed by atoms with Gasteiger partial charge in [0, 0.05) is 16.7 Å². The summed E-state index contributed by atoms with van der Waals surface area (Å²) < 4.78 is 20.9. The molecule has 3 aromatic rings. The summed E-state index contributed by atoms with van der Waals surface area (Å²) in [6.07, 6.45) is -0.875. The summed E-state index contributed by atoms with van der Waals surface area (Å²) in [5.74, 6) is -0.395. The maximum Gasteiger partial charge on any atom is 0.154 e. The number of nitrogens with zero attached hydrogens (tertiary/aromatic N) is 5. The lowest BCUT2D eigenvalue weighted by Crippen LogP contribution is -2.55. The predicted octanol–water partition coefficient (Wildman–Crippen LogP) is 2.09. The third-order valence-electron chi connectivity index (χ3n) is 5.30. The van der Waals surface area contributed by atoms with Crippen molar-refractivity contribution in [2.75, 3.05) is 6.61 Å². The standard InChI is InChI=1S/C21H19ClFN5O4S/c1-10-2-3-11(4-13(10)23)15-8-28(27-26-15)18-19(30)16(9-29)32-21(20(18)31)33-17-5-12(22)7-25-14(17)6-24/h2-5,7-8,16,18-21,29-31H,9H2,1H3/t16?,18?,19-,20?,21+/m0/s1. The Kier molecular flexibility index (Phi) is 6.94. The molecule has 0 aliphatic carbocycles. The fourth-order valence-electron chi connectivity index (χ4n) is 3.50. The molecule has 0 bridgehead atoms. The van der Waals surface area contributed by atoms with E-state index in [1.165, 1.54) is 29.2 Å². The molecular formula is C21H19ClFN5O4S. The van der Waals surface area contributed by atoms with Crippen molar-refractivity contribution in [3.8, 4) is 17.3 Å². The summed E-state index contributed by atoms with van der Waals surface area (Å²) in [4.78, 5) is 4.33. The summed E-state index contributed by atoms with van der Waals surface area (Å²) >= 11 is 6.99. The van der Waals surface area contributed by atoms with Gasteiger partial charge in [0.1, 0.15) is 47.4 Å². The number of nitriles is 1. The molecule has 4 rings (SSSR count). The van der Waals surface area contributed by atoms with E-state index in [9.17, 15) is 25.0 Å². The van der Waals surface area contributed by atoms with Crippen molar-refractivity contribution in [1.82, 2.24) is 20.0 Å². The van der Waals surface area contributed by atoms with Crippen LogP contribution in [0.1, 0.15) is 17.3 Å². The van der Waals surface area contributed by atoms with E-state index in [0.717, 1.165) is 11.8 Å². The van der Waals surface area contributed by atoms with Crippen LogP contribution in [-0.2, 0) is 4.74 Å². The van der Waals surface area contributed by atoms with E-state index in [-0.39, 0.29) is 5.69 Å². The summed E-state index contributed by atoms with van der Waals surface area (Å²) in [7, 11) is 0.